The first kappa shape index (κ1) is 55.0. The molecule has 1 amide bonds. The highest BCUT2D eigenvalue weighted by Gasteiger charge is 2.27. The molecule has 4 N–H and O–H groups in total. The molecule has 0 spiro atoms. The van der Waals surface area contributed by atoms with Crippen LogP contribution in [0.4, 0.5) is 0 Å². The Morgan fingerprint density at radius 1 is 0.491 bits per heavy atom. The Balaban J connectivity index is 4.05. The van der Waals surface area contributed by atoms with Crippen LogP contribution in [0.15, 0.2) is 60.8 Å². The van der Waals surface area contributed by atoms with E-state index in [2.05, 4.69) is 67.8 Å². The van der Waals surface area contributed by atoms with E-state index in [1.165, 1.54) is 122 Å². The van der Waals surface area contributed by atoms with Crippen molar-refractivity contribution in [3.63, 3.8) is 0 Å². The molecule has 0 saturated carbocycles. The lowest BCUT2D eigenvalue weighted by atomic mass is 10.0. The summed E-state index contributed by atoms with van der Waals surface area (Å²) >= 11 is 0. The molecular formula is C49H89NO6S. The van der Waals surface area contributed by atoms with Gasteiger partial charge in [0.05, 0.1) is 17.9 Å². The van der Waals surface area contributed by atoms with Crippen molar-refractivity contribution in [3.8, 4) is 0 Å². The molecule has 0 aromatic rings. The first-order chi connectivity index (χ1) is 27.7. The van der Waals surface area contributed by atoms with Crippen molar-refractivity contribution in [2.24, 2.45) is 0 Å². The topological polar surface area (TPSA) is 124 Å². The Morgan fingerprint density at radius 3 is 1.26 bits per heavy atom. The average molecular weight is 820 g/mol. The van der Waals surface area contributed by atoms with Crippen LogP contribution in [0.5, 0.6) is 0 Å². The second-order valence-electron chi connectivity index (χ2n) is 16.2. The van der Waals surface area contributed by atoms with Gasteiger partial charge < -0.3 is 15.5 Å². The van der Waals surface area contributed by atoms with Gasteiger partial charge in [-0.3, -0.25) is 9.35 Å². The first-order valence-electron chi connectivity index (χ1n) is 23.6. The van der Waals surface area contributed by atoms with Crippen LogP contribution in [-0.2, 0) is 14.9 Å². The van der Waals surface area contributed by atoms with Crippen LogP contribution >= 0.6 is 0 Å². The van der Waals surface area contributed by atoms with Crippen LogP contribution in [0.25, 0.3) is 0 Å². The second-order valence-corrected chi connectivity index (χ2v) is 17.7. The van der Waals surface area contributed by atoms with Crippen molar-refractivity contribution in [1.82, 2.24) is 5.32 Å². The minimum absolute atomic E-state index is 0.257. The van der Waals surface area contributed by atoms with Crippen molar-refractivity contribution < 1.29 is 28.0 Å². The van der Waals surface area contributed by atoms with Gasteiger partial charge in [0.2, 0.25) is 5.91 Å². The lowest BCUT2D eigenvalue weighted by Crippen LogP contribution is -2.50. The quantitative estimate of drug-likeness (QED) is 0.0276. The lowest BCUT2D eigenvalue weighted by molar-refractivity contribution is -0.130. The third-order valence-electron chi connectivity index (χ3n) is 10.5. The molecule has 0 aromatic heterocycles. The fourth-order valence-corrected chi connectivity index (χ4v) is 7.61. The molecule has 57 heavy (non-hydrogen) atoms. The summed E-state index contributed by atoms with van der Waals surface area (Å²) in [6.07, 6.45) is 55.7. The van der Waals surface area contributed by atoms with Crippen LogP contribution in [0.2, 0.25) is 0 Å². The predicted molar refractivity (Wildman–Crippen MR) is 245 cm³/mol. The Bertz CT molecular complexity index is 1140. The summed E-state index contributed by atoms with van der Waals surface area (Å²) in [5, 5.41) is 23.4. The summed E-state index contributed by atoms with van der Waals surface area (Å²) in [7, 11) is -4.47. The monoisotopic (exact) mass is 820 g/mol. The number of carbonyl (C=O) groups is 1. The fourth-order valence-electron chi connectivity index (χ4n) is 6.87. The smallest absolute Gasteiger partial charge is 0.267 e. The van der Waals surface area contributed by atoms with E-state index in [9.17, 15) is 28.0 Å². The van der Waals surface area contributed by atoms with E-state index < -0.39 is 40.0 Å². The summed E-state index contributed by atoms with van der Waals surface area (Å²) in [5.41, 5.74) is 0. The zero-order valence-electron chi connectivity index (χ0n) is 36.8. The van der Waals surface area contributed by atoms with Gasteiger partial charge in [0.25, 0.3) is 10.1 Å². The maximum Gasteiger partial charge on any atom is 0.267 e. The SMILES string of the molecule is CCCCCCCCCC/C=C/CC/C=C/CC/C=C/C(O)C(CS(=O)(=O)O)NC(=O)C(O)CCCCCCCC/C=C\C/C=C\CCCCCCCCCCC. The molecule has 0 aliphatic rings. The van der Waals surface area contributed by atoms with E-state index in [1.54, 1.807) is 6.08 Å². The van der Waals surface area contributed by atoms with E-state index in [-0.39, 0.29) is 6.42 Å². The summed E-state index contributed by atoms with van der Waals surface area (Å²) in [5.74, 6) is -1.58. The van der Waals surface area contributed by atoms with Gasteiger partial charge in [0, 0.05) is 0 Å². The van der Waals surface area contributed by atoms with Gasteiger partial charge in [0.1, 0.15) is 6.10 Å². The zero-order valence-corrected chi connectivity index (χ0v) is 37.6. The molecule has 0 rings (SSSR count). The van der Waals surface area contributed by atoms with Crippen molar-refractivity contribution >= 4 is 16.0 Å². The highest BCUT2D eigenvalue weighted by molar-refractivity contribution is 7.85. The molecule has 8 heteroatoms. The number of hydrogen-bond donors (Lipinski definition) is 4. The van der Waals surface area contributed by atoms with Crippen LogP contribution in [-0.4, -0.2) is 53.1 Å². The average Bonchev–Trinajstić information content (AvgIpc) is 3.18. The van der Waals surface area contributed by atoms with Gasteiger partial charge in [-0.2, -0.15) is 8.42 Å². The third kappa shape index (κ3) is 41.9. The molecule has 0 aliphatic heterocycles. The van der Waals surface area contributed by atoms with Gasteiger partial charge in [-0.15, -0.1) is 0 Å². The zero-order chi connectivity index (χ0) is 41.9. The summed E-state index contributed by atoms with van der Waals surface area (Å²) in [4.78, 5) is 12.6. The minimum Gasteiger partial charge on any atom is -0.387 e. The highest BCUT2D eigenvalue weighted by atomic mass is 32.2. The molecule has 0 saturated heterocycles. The van der Waals surface area contributed by atoms with Crippen molar-refractivity contribution in [1.29, 1.82) is 0 Å². The minimum atomic E-state index is -4.47. The number of amides is 1. The molecule has 3 unspecified atom stereocenters. The number of allylic oxidation sites excluding steroid dienone is 9. The summed E-state index contributed by atoms with van der Waals surface area (Å²) in [6.45, 7) is 4.52. The number of hydrogen-bond acceptors (Lipinski definition) is 5. The molecule has 3 atom stereocenters. The van der Waals surface area contributed by atoms with Gasteiger partial charge in [0.15, 0.2) is 0 Å². The van der Waals surface area contributed by atoms with Gasteiger partial charge in [-0.1, -0.05) is 203 Å². The van der Waals surface area contributed by atoms with Gasteiger partial charge >= 0.3 is 0 Å². The highest BCUT2D eigenvalue weighted by Crippen LogP contribution is 2.14. The van der Waals surface area contributed by atoms with Crippen molar-refractivity contribution in [2.45, 2.75) is 238 Å². The largest absolute Gasteiger partial charge is 0.387 e. The number of carbonyl (C=O) groups excluding carboxylic acids is 1. The van der Waals surface area contributed by atoms with Crippen LogP contribution in [0.3, 0.4) is 0 Å². The molecule has 0 radical (unpaired) electrons. The number of nitrogens with one attached hydrogen (secondary N) is 1. The Morgan fingerprint density at radius 2 is 0.842 bits per heavy atom. The molecule has 332 valence electrons. The predicted octanol–water partition coefficient (Wildman–Crippen LogP) is 13.4. The number of unbranched alkanes of at least 4 members (excludes halogenated alkanes) is 25. The Kier molecular flexibility index (Phi) is 40.7. The first-order valence-corrected chi connectivity index (χ1v) is 25.2. The molecule has 0 aliphatic carbocycles. The standard InChI is InChI=1S/C49H89NO6S/c1-3-5-7-9-11-13-15-17-19-21-23-24-25-26-28-30-32-34-36-38-40-42-44-48(52)49(53)50-46(45-57(54,55)56)47(51)43-41-39-37-35-33-31-29-27-22-20-18-16-14-12-10-8-6-4-2/h22-24,26-28,33,35,41,43,46-48,51-52H,3-21,25,29-32,34,36-40,42,44-45H2,1-2H3,(H,50,53)(H,54,55,56)/b24-23-,27-22+,28-26-,35-33+,43-41+. The molecular weight excluding hydrogens is 731 g/mol. The summed E-state index contributed by atoms with van der Waals surface area (Å²) < 4.78 is 32.6. The van der Waals surface area contributed by atoms with Crippen LogP contribution in [0.1, 0.15) is 219 Å². The Labute approximate surface area is 352 Å². The normalized spacial score (nSPS) is 14.3. The molecule has 0 aromatic carbocycles. The van der Waals surface area contributed by atoms with E-state index >= 15 is 0 Å². The maximum absolute atomic E-state index is 12.6. The molecule has 7 nitrogen and oxygen atoms in total. The fraction of sp³-hybridized carbons (Fsp3) is 0.776. The number of aliphatic hydroxyl groups excluding tert-OH is 2. The second kappa shape index (κ2) is 42.1. The van der Waals surface area contributed by atoms with Gasteiger partial charge in [-0.25, -0.2) is 0 Å². The summed E-state index contributed by atoms with van der Waals surface area (Å²) in [6, 6.07) is -1.26. The van der Waals surface area contributed by atoms with E-state index in [4.69, 9.17) is 0 Å². The number of aliphatic hydroxyl groups is 2. The van der Waals surface area contributed by atoms with Crippen molar-refractivity contribution in [3.05, 3.63) is 60.8 Å². The van der Waals surface area contributed by atoms with E-state index in [0.717, 1.165) is 70.6 Å². The Hall–Kier alpha value is -2.00. The maximum atomic E-state index is 12.6. The van der Waals surface area contributed by atoms with Crippen LogP contribution in [0, 0.1) is 0 Å². The van der Waals surface area contributed by atoms with Crippen molar-refractivity contribution in [2.75, 3.05) is 5.75 Å². The van der Waals surface area contributed by atoms with Crippen LogP contribution < -0.4 is 5.32 Å². The molecule has 0 bridgehead atoms. The molecule has 0 heterocycles. The third-order valence-corrected chi connectivity index (χ3v) is 11.3. The van der Waals surface area contributed by atoms with E-state index in [1.807, 2.05) is 0 Å². The van der Waals surface area contributed by atoms with Gasteiger partial charge in [-0.05, 0) is 77.0 Å². The van der Waals surface area contributed by atoms with E-state index in [0.29, 0.717) is 12.8 Å². The lowest BCUT2D eigenvalue weighted by Gasteiger charge is -2.22. The number of rotatable bonds is 42. The molecule has 0 fully saturated rings.